The molecule has 13 nitrogen and oxygen atoms in total. The molecule has 0 fully saturated rings. The number of rotatable bonds is 13. The van der Waals surface area contributed by atoms with Crippen LogP contribution < -0.4 is 26.8 Å². The van der Waals surface area contributed by atoms with Crippen molar-refractivity contribution in [1.29, 1.82) is 0 Å². The van der Waals surface area contributed by atoms with E-state index in [4.69, 9.17) is 5.11 Å². The molecule has 1 heterocycles. The lowest BCUT2D eigenvalue weighted by molar-refractivity contribution is -0.136. The Labute approximate surface area is 311 Å². The third kappa shape index (κ3) is 9.29. The lowest BCUT2D eigenvalue weighted by Crippen LogP contribution is -2.56. The van der Waals surface area contributed by atoms with Gasteiger partial charge >= 0.3 is 5.97 Å². The normalized spacial score (nSPS) is 12.4. The maximum absolute atomic E-state index is 14.0. The number of nitrogens with zero attached hydrogens (tertiary/aromatic N) is 1. The Balaban J connectivity index is 1.39. The Morgan fingerprint density at radius 1 is 0.722 bits per heavy atom. The number of carbonyl (C=O) groups excluding carboxylic acids is 4. The van der Waals surface area contributed by atoms with Crippen LogP contribution in [0.25, 0.3) is 21.7 Å². The number of carboxylic acids is 1. The van der Waals surface area contributed by atoms with Crippen LogP contribution in [-0.2, 0) is 45.6 Å². The van der Waals surface area contributed by atoms with Crippen LogP contribution in [-0.4, -0.2) is 63.0 Å². The van der Waals surface area contributed by atoms with E-state index < -0.39 is 64.6 Å². The highest BCUT2D eigenvalue weighted by Crippen LogP contribution is 2.27. The zero-order valence-corrected chi connectivity index (χ0v) is 30.4. The summed E-state index contributed by atoms with van der Waals surface area (Å²) in [6.45, 7) is 4.44. The van der Waals surface area contributed by atoms with Gasteiger partial charge < -0.3 is 36.0 Å². The van der Waals surface area contributed by atoms with Gasteiger partial charge in [0, 0.05) is 37.2 Å². The van der Waals surface area contributed by atoms with E-state index in [1.165, 1.54) is 13.1 Å². The van der Waals surface area contributed by atoms with Crippen molar-refractivity contribution in [3.05, 3.63) is 124 Å². The molecule has 0 aliphatic heterocycles. The number of aliphatic carboxylic acids is 1. The topological polar surface area (TPSA) is 196 Å². The summed E-state index contributed by atoms with van der Waals surface area (Å²) in [5, 5.41) is 32.8. The number of aryl methyl sites for hydroxylation is 1. The number of fused-ring (bicyclic) bond motifs is 2. The summed E-state index contributed by atoms with van der Waals surface area (Å²) >= 11 is 0. The van der Waals surface area contributed by atoms with Crippen molar-refractivity contribution in [3.8, 4) is 5.75 Å². The number of aromatic nitrogens is 1. The molecule has 0 saturated heterocycles. The fraction of sp³-hybridized carbons (Fsp3) is 0.268. The number of amides is 4. The number of aromatic hydroxyl groups is 1. The molecule has 0 aliphatic carbocycles. The first kappa shape index (κ1) is 38.7. The number of hydrogen-bond donors (Lipinski definition) is 6. The number of pyridine rings is 1. The standard InChI is InChI=1S/C41H43N5O8/c1-41(2,3)40(54)45-31(21-25-14-16-27-12-8-9-13-28(27)18-25)37(51)44-30(20-24-10-6-5-7-11-24)36(50)42-22-26-15-17-32-29(19-26)35(49)34(39(53)46(32)4)38(52)43-23-33(47)48/h5-19,30-31,49H,20-23H2,1-4H3,(H,42,50)(H,43,52)(H,44,51)(H,45,54)(H,47,48)/t30-,31-/m0/s1. The Kier molecular flexibility index (Phi) is 11.8. The van der Waals surface area contributed by atoms with Crippen LogP contribution in [0.3, 0.4) is 0 Å². The predicted molar refractivity (Wildman–Crippen MR) is 204 cm³/mol. The van der Waals surface area contributed by atoms with Crippen molar-refractivity contribution >= 4 is 51.3 Å². The Morgan fingerprint density at radius 2 is 1.35 bits per heavy atom. The molecule has 4 aromatic carbocycles. The summed E-state index contributed by atoms with van der Waals surface area (Å²) in [5.41, 5.74) is 0.187. The van der Waals surface area contributed by atoms with Gasteiger partial charge in [0.1, 0.15) is 29.9 Å². The van der Waals surface area contributed by atoms with E-state index in [9.17, 15) is 33.9 Å². The maximum Gasteiger partial charge on any atom is 0.322 e. The molecule has 54 heavy (non-hydrogen) atoms. The molecule has 0 saturated carbocycles. The second-order valence-corrected chi connectivity index (χ2v) is 14.1. The highest BCUT2D eigenvalue weighted by atomic mass is 16.4. The summed E-state index contributed by atoms with van der Waals surface area (Å²) in [5.74, 6) is -4.39. The molecule has 5 rings (SSSR count). The van der Waals surface area contributed by atoms with Gasteiger partial charge in [0.05, 0.1) is 5.52 Å². The predicted octanol–water partition coefficient (Wildman–Crippen LogP) is 3.33. The van der Waals surface area contributed by atoms with E-state index in [1.54, 1.807) is 32.9 Å². The average molecular weight is 734 g/mol. The van der Waals surface area contributed by atoms with Gasteiger partial charge in [-0.15, -0.1) is 0 Å². The number of benzene rings is 4. The lowest BCUT2D eigenvalue weighted by Gasteiger charge is -2.26. The van der Waals surface area contributed by atoms with E-state index in [0.29, 0.717) is 11.1 Å². The number of hydrogen-bond acceptors (Lipinski definition) is 7. The second-order valence-electron chi connectivity index (χ2n) is 14.1. The Bertz CT molecular complexity index is 2300. The van der Waals surface area contributed by atoms with Crippen molar-refractivity contribution in [2.45, 2.75) is 52.2 Å². The van der Waals surface area contributed by atoms with Gasteiger partial charge in [0.2, 0.25) is 17.7 Å². The SMILES string of the molecule is Cn1c(=O)c(C(=O)NCC(=O)O)c(O)c2cc(CNC(=O)[C@H](Cc3ccccc3)NC(=O)[C@H](Cc3ccc4ccccc4c3)NC(=O)C(C)(C)C)ccc21. The van der Waals surface area contributed by atoms with E-state index in [0.717, 1.165) is 26.5 Å². The van der Waals surface area contributed by atoms with Crippen LogP contribution in [0.5, 0.6) is 5.75 Å². The molecule has 0 spiro atoms. The Morgan fingerprint density at radius 3 is 2.04 bits per heavy atom. The molecular formula is C41H43N5O8. The van der Waals surface area contributed by atoms with Gasteiger partial charge in [0.25, 0.3) is 11.5 Å². The van der Waals surface area contributed by atoms with Crippen molar-refractivity contribution in [3.63, 3.8) is 0 Å². The average Bonchev–Trinajstić information content (AvgIpc) is 3.14. The zero-order valence-electron chi connectivity index (χ0n) is 30.4. The second kappa shape index (κ2) is 16.4. The monoisotopic (exact) mass is 733 g/mol. The lowest BCUT2D eigenvalue weighted by atomic mass is 9.94. The summed E-state index contributed by atoms with van der Waals surface area (Å²) in [6, 6.07) is 25.5. The minimum absolute atomic E-state index is 0.0555. The minimum atomic E-state index is -1.32. The number of carboxylic acid groups (broad SMARTS) is 1. The van der Waals surface area contributed by atoms with Crippen LogP contribution in [0.2, 0.25) is 0 Å². The van der Waals surface area contributed by atoms with Gasteiger partial charge in [-0.3, -0.25) is 28.8 Å². The van der Waals surface area contributed by atoms with Gasteiger partial charge in [-0.2, -0.15) is 0 Å². The zero-order chi connectivity index (χ0) is 39.2. The largest absolute Gasteiger partial charge is 0.506 e. The summed E-state index contributed by atoms with van der Waals surface area (Å²) in [4.78, 5) is 77.6. The van der Waals surface area contributed by atoms with E-state index in [-0.39, 0.29) is 30.7 Å². The molecule has 2 atom stereocenters. The van der Waals surface area contributed by atoms with Gasteiger partial charge in [-0.1, -0.05) is 99.6 Å². The van der Waals surface area contributed by atoms with Crippen molar-refractivity contribution in [2.24, 2.45) is 12.5 Å². The van der Waals surface area contributed by atoms with Crippen LogP contribution in [0.15, 0.2) is 95.8 Å². The molecule has 0 unspecified atom stereocenters. The minimum Gasteiger partial charge on any atom is -0.506 e. The molecule has 5 aromatic rings. The third-order valence-electron chi connectivity index (χ3n) is 9.00. The molecule has 0 radical (unpaired) electrons. The molecule has 1 aromatic heterocycles. The molecule has 280 valence electrons. The highest BCUT2D eigenvalue weighted by Gasteiger charge is 2.31. The smallest absolute Gasteiger partial charge is 0.322 e. The first-order valence-corrected chi connectivity index (χ1v) is 17.4. The van der Waals surface area contributed by atoms with Crippen LogP contribution in [0, 0.1) is 5.41 Å². The molecule has 4 amide bonds. The third-order valence-corrected chi connectivity index (χ3v) is 9.00. The van der Waals surface area contributed by atoms with Crippen LogP contribution >= 0.6 is 0 Å². The van der Waals surface area contributed by atoms with E-state index >= 15 is 0 Å². The molecule has 0 bridgehead atoms. The quantitative estimate of drug-likeness (QED) is 0.106. The fourth-order valence-electron chi connectivity index (χ4n) is 5.97. The molecule has 6 N–H and O–H groups in total. The molecular weight excluding hydrogens is 690 g/mol. The maximum atomic E-state index is 14.0. The van der Waals surface area contributed by atoms with E-state index in [2.05, 4.69) is 21.3 Å². The van der Waals surface area contributed by atoms with E-state index in [1.807, 2.05) is 72.8 Å². The fourth-order valence-corrected chi connectivity index (χ4v) is 5.97. The number of nitrogens with one attached hydrogen (secondary N) is 4. The first-order valence-electron chi connectivity index (χ1n) is 17.4. The highest BCUT2D eigenvalue weighted by molar-refractivity contribution is 6.03. The van der Waals surface area contributed by atoms with Crippen LogP contribution in [0.1, 0.15) is 47.8 Å². The first-order chi connectivity index (χ1) is 25.6. The van der Waals surface area contributed by atoms with Crippen LogP contribution in [0.4, 0.5) is 0 Å². The van der Waals surface area contributed by atoms with Gasteiger partial charge in [-0.05, 0) is 39.6 Å². The van der Waals surface area contributed by atoms with Gasteiger partial charge in [-0.25, -0.2) is 0 Å². The number of carbonyl (C=O) groups is 5. The molecule has 0 aliphatic rings. The summed E-state index contributed by atoms with van der Waals surface area (Å²) in [6.07, 6.45) is 0.321. The Hall–Kier alpha value is -6.50. The van der Waals surface area contributed by atoms with Crippen molar-refractivity contribution in [2.75, 3.05) is 6.54 Å². The molecule has 13 heteroatoms. The van der Waals surface area contributed by atoms with Crippen molar-refractivity contribution < 1.29 is 34.2 Å². The summed E-state index contributed by atoms with van der Waals surface area (Å²) in [7, 11) is 1.41. The van der Waals surface area contributed by atoms with Crippen molar-refractivity contribution in [1.82, 2.24) is 25.8 Å². The van der Waals surface area contributed by atoms with Gasteiger partial charge in [0.15, 0.2) is 0 Å². The summed E-state index contributed by atoms with van der Waals surface area (Å²) < 4.78 is 1.16.